The number of benzene rings is 2. The Labute approximate surface area is 181 Å². The Bertz CT molecular complexity index is 991. The van der Waals surface area contributed by atoms with E-state index in [1.165, 1.54) is 4.90 Å². The van der Waals surface area contributed by atoms with E-state index in [0.29, 0.717) is 19.4 Å². The largest absolute Gasteiger partial charge is 0.480 e. The van der Waals surface area contributed by atoms with Crippen molar-refractivity contribution >= 4 is 18.0 Å². The van der Waals surface area contributed by atoms with Crippen LogP contribution in [0.1, 0.15) is 43.7 Å². The Morgan fingerprint density at radius 2 is 1.71 bits per heavy atom. The van der Waals surface area contributed by atoms with E-state index in [1.807, 2.05) is 36.4 Å². The second-order valence-electron chi connectivity index (χ2n) is 8.36. The third-order valence-corrected chi connectivity index (χ3v) is 6.42. The number of amides is 2. The summed E-state index contributed by atoms with van der Waals surface area (Å²) in [7, 11) is 0. The predicted molar refractivity (Wildman–Crippen MR) is 115 cm³/mol. The second-order valence-corrected chi connectivity index (χ2v) is 8.36. The van der Waals surface area contributed by atoms with Crippen molar-refractivity contribution in [2.45, 2.75) is 44.2 Å². The van der Waals surface area contributed by atoms with Gasteiger partial charge in [0.15, 0.2) is 0 Å². The number of nitrogens with one attached hydrogen (secondary N) is 1. The molecule has 1 fully saturated rings. The lowest BCUT2D eigenvalue weighted by atomic mass is 9.98. The van der Waals surface area contributed by atoms with Crippen LogP contribution in [0.15, 0.2) is 48.5 Å². The maximum atomic E-state index is 12.8. The molecule has 162 valence electrons. The molecule has 4 rings (SSSR count). The van der Waals surface area contributed by atoms with Crippen LogP contribution < -0.4 is 5.32 Å². The number of aliphatic carboxylic acids is 1. The summed E-state index contributed by atoms with van der Waals surface area (Å²) in [4.78, 5) is 38.2. The number of nitrogens with zero attached hydrogens (tertiary/aromatic N) is 1. The van der Waals surface area contributed by atoms with Crippen molar-refractivity contribution in [3.63, 3.8) is 0 Å². The first kappa shape index (κ1) is 20.9. The molecule has 0 bridgehead atoms. The van der Waals surface area contributed by atoms with E-state index in [1.54, 1.807) is 13.8 Å². The van der Waals surface area contributed by atoms with Crippen LogP contribution in [-0.4, -0.2) is 52.7 Å². The maximum absolute atomic E-state index is 12.8. The van der Waals surface area contributed by atoms with E-state index in [4.69, 9.17) is 4.74 Å². The molecule has 2 N–H and O–H groups in total. The molecule has 0 radical (unpaired) electrons. The van der Waals surface area contributed by atoms with Crippen molar-refractivity contribution < 1.29 is 24.2 Å². The minimum absolute atomic E-state index is 0.0713. The fourth-order valence-electron chi connectivity index (χ4n) is 4.65. The number of likely N-dealkylation sites (tertiary alicyclic amines) is 1. The summed E-state index contributed by atoms with van der Waals surface area (Å²) in [6.45, 7) is 3.60. The molecule has 2 atom stereocenters. The average Bonchev–Trinajstić information content (AvgIpc) is 3.31. The van der Waals surface area contributed by atoms with Crippen molar-refractivity contribution in [3.05, 3.63) is 59.7 Å². The van der Waals surface area contributed by atoms with Gasteiger partial charge < -0.3 is 20.1 Å². The predicted octanol–water partition coefficient (Wildman–Crippen LogP) is 3.38. The molecule has 0 saturated carbocycles. The van der Waals surface area contributed by atoms with Crippen molar-refractivity contribution in [3.8, 4) is 11.1 Å². The maximum Gasteiger partial charge on any atom is 0.407 e. The zero-order valence-corrected chi connectivity index (χ0v) is 17.6. The summed E-state index contributed by atoms with van der Waals surface area (Å²) in [5, 5.41) is 12.1. The third-order valence-electron chi connectivity index (χ3n) is 6.42. The SMILES string of the molecule is CC(NC(=O)OCC1c2ccccc2-c2ccccc21)C(=O)N1CCCC1(C)C(=O)O. The Morgan fingerprint density at radius 1 is 1.13 bits per heavy atom. The van der Waals surface area contributed by atoms with Crippen LogP contribution in [0.2, 0.25) is 0 Å². The lowest BCUT2D eigenvalue weighted by Gasteiger charge is -2.33. The molecule has 7 nitrogen and oxygen atoms in total. The number of hydrogen-bond acceptors (Lipinski definition) is 4. The summed E-state index contributed by atoms with van der Waals surface area (Å²) in [6, 6.07) is 15.2. The van der Waals surface area contributed by atoms with Gasteiger partial charge in [0, 0.05) is 12.5 Å². The van der Waals surface area contributed by atoms with Crippen LogP contribution in [0.5, 0.6) is 0 Å². The summed E-state index contributed by atoms with van der Waals surface area (Å²) in [5.74, 6) is -1.53. The minimum atomic E-state index is -1.24. The number of alkyl carbamates (subject to hydrolysis) is 1. The van der Waals surface area contributed by atoms with Gasteiger partial charge in [-0.25, -0.2) is 9.59 Å². The number of ether oxygens (including phenoxy) is 1. The normalized spacial score (nSPS) is 20.6. The Morgan fingerprint density at radius 3 is 2.29 bits per heavy atom. The third kappa shape index (κ3) is 3.65. The van der Waals surface area contributed by atoms with E-state index in [-0.39, 0.29) is 12.5 Å². The highest BCUT2D eigenvalue weighted by Crippen LogP contribution is 2.44. The zero-order valence-electron chi connectivity index (χ0n) is 17.6. The van der Waals surface area contributed by atoms with Gasteiger partial charge in [0.05, 0.1) is 0 Å². The molecule has 0 aromatic heterocycles. The van der Waals surface area contributed by atoms with Crippen LogP contribution in [0.4, 0.5) is 4.79 Å². The fraction of sp³-hybridized carbons (Fsp3) is 0.375. The van der Waals surface area contributed by atoms with Gasteiger partial charge in [0.25, 0.3) is 0 Å². The van der Waals surface area contributed by atoms with Crippen LogP contribution in [0.3, 0.4) is 0 Å². The molecule has 31 heavy (non-hydrogen) atoms. The molecule has 2 aliphatic rings. The molecule has 1 saturated heterocycles. The Balaban J connectivity index is 1.40. The Hall–Kier alpha value is -3.35. The molecule has 2 unspecified atom stereocenters. The molecular formula is C24H26N2O5. The highest BCUT2D eigenvalue weighted by molar-refractivity contribution is 5.91. The second kappa shape index (κ2) is 8.06. The van der Waals surface area contributed by atoms with Crippen LogP contribution in [0.25, 0.3) is 11.1 Å². The smallest absolute Gasteiger partial charge is 0.407 e. The molecule has 2 aromatic carbocycles. The van der Waals surface area contributed by atoms with Crippen molar-refractivity contribution in [1.29, 1.82) is 0 Å². The molecule has 1 aliphatic heterocycles. The highest BCUT2D eigenvalue weighted by atomic mass is 16.5. The number of rotatable bonds is 5. The van der Waals surface area contributed by atoms with Crippen molar-refractivity contribution in [2.75, 3.05) is 13.2 Å². The fourth-order valence-corrected chi connectivity index (χ4v) is 4.65. The average molecular weight is 422 g/mol. The number of hydrogen-bond donors (Lipinski definition) is 2. The first-order valence-corrected chi connectivity index (χ1v) is 10.5. The molecule has 1 heterocycles. The first-order chi connectivity index (χ1) is 14.8. The topological polar surface area (TPSA) is 95.9 Å². The Kier molecular flexibility index (Phi) is 5.43. The molecule has 2 amide bonds. The van der Waals surface area contributed by atoms with Gasteiger partial charge >= 0.3 is 12.1 Å². The summed E-state index contributed by atoms with van der Waals surface area (Å²) in [6.07, 6.45) is 0.316. The van der Waals surface area contributed by atoms with E-state index in [9.17, 15) is 19.5 Å². The summed E-state index contributed by atoms with van der Waals surface area (Å²) < 4.78 is 5.49. The van der Waals surface area contributed by atoms with Gasteiger partial charge in [0.1, 0.15) is 18.2 Å². The molecule has 7 heteroatoms. The minimum Gasteiger partial charge on any atom is -0.480 e. The van der Waals surface area contributed by atoms with E-state index in [2.05, 4.69) is 17.4 Å². The van der Waals surface area contributed by atoms with Gasteiger partial charge in [-0.1, -0.05) is 48.5 Å². The highest BCUT2D eigenvalue weighted by Gasteiger charge is 2.47. The van der Waals surface area contributed by atoms with Crippen LogP contribution in [-0.2, 0) is 14.3 Å². The molecule has 2 aromatic rings. The van der Waals surface area contributed by atoms with E-state index >= 15 is 0 Å². The number of carbonyl (C=O) groups is 3. The molecule has 0 spiro atoms. The van der Waals surface area contributed by atoms with Gasteiger partial charge in [-0.3, -0.25) is 4.79 Å². The van der Waals surface area contributed by atoms with E-state index < -0.39 is 29.6 Å². The monoisotopic (exact) mass is 422 g/mol. The number of carbonyl (C=O) groups excluding carboxylic acids is 2. The summed E-state index contributed by atoms with van der Waals surface area (Å²) >= 11 is 0. The summed E-state index contributed by atoms with van der Waals surface area (Å²) in [5.41, 5.74) is 3.24. The number of carboxylic acid groups (broad SMARTS) is 1. The van der Waals surface area contributed by atoms with E-state index in [0.717, 1.165) is 22.3 Å². The van der Waals surface area contributed by atoms with Gasteiger partial charge in [-0.15, -0.1) is 0 Å². The zero-order chi connectivity index (χ0) is 22.2. The molecule has 1 aliphatic carbocycles. The molecular weight excluding hydrogens is 396 g/mol. The first-order valence-electron chi connectivity index (χ1n) is 10.5. The van der Waals surface area contributed by atoms with Crippen molar-refractivity contribution in [1.82, 2.24) is 10.2 Å². The van der Waals surface area contributed by atoms with Crippen LogP contribution in [0, 0.1) is 0 Å². The lowest BCUT2D eigenvalue weighted by Crippen LogP contribution is -2.56. The lowest BCUT2D eigenvalue weighted by molar-refractivity contribution is -0.155. The standard InChI is InChI=1S/C24H26N2O5/c1-15(21(27)26-13-7-12-24(26,2)22(28)29)25-23(30)31-14-20-18-10-5-3-8-16(18)17-9-4-6-11-19(17)20/h3-6,8-11,15,20H,7,12-14H2,1-2H3,(H,25,30)(H,28,29). The number of carboxylic acids is 1. The van der Waals surface area contributed by atoms with Crippen LogP contribution >= 0.6 is 0 Å². The van der Waals surface area contributed by atoms with Crippen molar-refractivity contribution in [2.24, 2.45) is 0 Å². The van der Waals surface area contributed by atoms with Gasteiger partial charge in [-0.05, 0) is 48.9 Å². The number of fused-ring (bicyclic) bond motifs is 3. The van der Waals surface area contributed by atoms with Gasteiger partial charge in [-0.2, -0.15) is 0 Å². The van der Waals surface area contributed by atoms with Gasteiger partial charge in [0.2, 0.25) is 5.91 Å². The quantitative estimate of drug-likeness (QED) is 0.770.